The van der Waals surface area contributed by atoms with E-state index in [9.17, 15) is 14.3 Å². The number of aryl methyl sites for hydroxylation is 1. The highest BCUT2D eigenvalue weighted by Gasteiger charge is 2.23. The quantitative estimate of drug-likeness (QED) is 0.807. The lowest BCUT2D eigenvalue weighted by Gasteiger charge is -2.20. The van der Waals surface area contributed by atoms with Gasteiger partial charge < -0.3 is 10.2 Å². The number of rotatable bonds is 5. The molecule has 0 spiro atoms. The van der Waals surface area contributed by atoms with Gasteiger partial charge in [0, 0.05) is 0 Å². The van der Waals surface area contributed by atoms with E-state index in [4.69, 9.17) is 5.11 Å². The van der Waals surface area contributed by atoms with Crippen LogP contribution in [-0.2, 0) is 11.2 Å². The maximum Gasteiger partial charge on any atom is 0.306 e. The van der Waals surface area contributed by atoms with Crippen LogP contribution in [0.25, 0.3) is 0 Å². The molecule has 0 saturated heterocycles. The lowest BCUT2D eigenvalue weighted by Crippen LogP contribution is -2.28. The predicted octanol–water partition coefficient (Wildman–Crippen LogP) is 1.98. The summed E-state index contributed by atoms with van der Waals surface area (Å²) in [7, 11) is 0. The largest absolute Gasteiger partial charge is 0.481 e. The van der Waals surface area contributed by atoms with Crippen LogP contribution in [-0.4, -0.2) is 21.8 Å². The third-order valence-corrected chi connectivity index (χ3v) is 2.37. The molecule has 0 amide bonds. The van der Waals surface area contributed by atoms with Gasteiger partial charge in [-0.25, -0.2) is 4.39 Å². The second-order valence-corrected chi connectivity index (χ2v) is 4.20. The summed E-state index contributed by atoms with van der Waals surface area (Å²) < 4.78 is 12.8. The van der Waals surface area contributed by atoms with Crippen LogP contribution in [0.3, 0.4) is 0 Å². The molecule has 0 aromatic heterocycles. The number of benzene rings is 1. The Bertz CT molecular complexity index is 374. The van der Waals surface area contributed by atoms with Gasteiger partial charge >= 0.3 is 5.97 Å². The van der Waals surface area contributed by atoms with Crippen molar-refractivity contribution in [2.24, 2.45) is 0 Å². The van der Waals surface area contributed by atoms with Crippen molar-refractivity contribution in [3.8, 4) is 0 Å². The van der Waals surface area contributed by atoms with Crippen molar-refractivity contribution in [2.75, 3.05) is 0 Å². The van der Waals surface area contributed by atoms with E-state index in [0.29, 0.717) is 12.8 Å². The number of hydrogen-bond acceptors (Lipinski definition) is 2. The van der Waals surface area contributed by atoms with Crippen molar-refractivity contribution >= 4 is 5.97 Å². The maximum atomic E-state index is 12.8. The van der Waals surface area contributed by atoms with Crippen molar-refractivity contribution in [2.45, 2.75) is 31.8 Å². The fourth-order valence-electron chi connectivity index (χ4n) is 1.52. The molecule has 4 heteroatoms. The Morgan fingerprint density at radius 1 is 1.50 bits per heavy atom. The second kappa shape index (κ2) is 5.07. The van der Waals surface area contributed by atoms with Crippen LogP contribution in [0, 0.1) is 5.82 Å². The summed E-state index contributed by atoms with van der Waals surface area (Å²) in [6.45, 7) is 1.47. The van der Waals surface area contributed by atoms with E-state index in [1.165, 1.54) is 19.1 Å². The lowest BCUT2D eigenvalue weighted by molar-refractivity contribution is -0.142. The number of carboxylic acid groups (broad SMARTS) is 1. The number of aliphatic carboxylic acids is 1. The first-order chi connectivity index (χ1) is 7.39. The molecule has 1 rings (SSSR count). The SMILES string of the molecule is CC(O)(CCc1cccc(F)c1)CC(=O)O. The van der Waals surface area contributed by atoms with Gasteiger partial charge in [-0.1, -0.05) is 12.1 Å². The van der Waals surface area contributed by atoms with Crippen LogP contribution < -0.4 is 0 Å². The predicted molar refractivity (Wildman–Crippen MR) is 57.6 cm³/mol. The minimum Gasteiger partial charge on any atom is -0.481 e. The van der Waals surface area contributed by atoms with Crippen LogP contribution in [0.15, 0.2) is 24.3 Å². The third-order valence-electron chi connectivity index (χ3n) is 2.37. The number of aliphatic hydroxyl groups is 1. The van der Waals surface area contributed by atoms with E-state index in [1.54, 1.807) is 12.1 Å². The normalized spacial score (nSPS) is 14.4. The molecule has 2 N–H and O–H groups in total. The van der Waals surface area contributed by atoms with Crippen molar-refractivity contribution < 1.29 is 19.4 Å². The summed E-state index contributed by atoms with van der Waals surface area (Å²) >= 11 is 0. The van der Waals surface area contributed by atoms with Gasteiger partial charge in [0.15, 0.2) is 0 Å². The van der Waals surface area contributed by atoms with E-state index in [0.717, 1.165) is 5.56 Å². The Balaban J connectivity index is 2.54. The summed E-state index contributed by atoms with van der Waals surface area (Å²) in [4.78, 5) is 10.5. The summed E-state index contributed by atoms with van der Waals surface area (Å²) in [5.74, 6) is -1.36. The first kappa shape index (κ1) is 12.6. The monoisotopic (exact) mass is 226 g/mol. The van der Waals surface area contributed by atoms with Crippen molar-refractivity contribution in [3.05, 3.63) is 35.6 Å². The van der Waals surface area contributed by atoms with Crippen molar-refractivity contribution in [1.82, 2.24) is 0 Å². The summed E-state index contributed by atoms with van der Waals surface area (Å²) in [5, 5.41) is 18.3. The van der Waals surface area contributed by atoms with Crippen LogP contribution in [0.1, 0.15) is 25.3 Å². The molecule has 0 saturated carbocycles. The van der Waals surface area contributed by atoms with Gasteiger partial charge in [0.25, 0.3) is 0 Å². The zero-order chi connectivity index (χ0) is 12.2. The first-order valence-electron chi connectivity index (χ1n) is 5.08. The molecule has 0 heterocycles. The lowest BCUT2D eigenvalue weighted by atomic mass is 9.94. The smallest absolute Gasteiger partial charge is 0.306 e. The Kier molecular flexibility index (Phi) is 4.01. The van der Waals surface area contributed by atoms with E-state index in [2.05, 4.69) is 0 Å². The van der Waals surface area contributed by atoms with Gasteiger partial charge in [-0.2, -0.15) is 0 Å². The molecule has 0 aliphatic heterocycles. The summed E-state index contributed by atoms with van der Waals surface area (Å²) in [5.41, 5.74) is -0.497. The Labute approximate surface area is 93.5 Å². The fourth-order valence-corrected chi connectivity index (χ4v) is 1.52. The van der Waals surface area contributed by atoms with Gasteiger partial charge in [-0.15, -0.1) is 0 Å². The molecule has 0 aliphatic carbocycles. The molecule has 0 radical (unpaired) electrons. The number of halogens is 1. The fraction of sp³-hybridized carbons (Fsp3) is 0.417. The molecule has 1 aromatic carbocycles. The zero-order valence-electron chi connectivity index (χ0n) is 9.11. The highest BCUT2D eigenvalue weighted by atomic mass is 19.1. The molecule has 1 unspecified atom stereocenters. The molecular formula is C12H15FO3. The van der Waals surface area contributed by atoms with E-state index in [-0.39, 0.29) is 12.2 Å². The highest BCUT2D eigenvalue weighted by molar-refractivity contribution is 5.68. The van der Waals surface area contributed by atoms with E-state index < -0.39 is 11.6 Å². The van der Waals surface area contributed by atoms with E-state index >= 15 is 0 Å². The van der Waals surface area contributed by atoms with Crippen LogP contribution in [0.2, 0.25) is 0 Å². The Hall–Kier alpha value is -1.42. The number of hydrogen-bond donors (Lipinski definition) is 2. The van der Waals surface area contributed by atoms with Crippen LogP contribution >= 0.6 is 0 Å². The van der Waals surface area contributed by atoms with Crippen LogP contribution in [0.4, 0.5) is 4.39 Å². The van der Waals surface area contributed by atoms with E-state index in [1.807, 2.05) is 0 Å². The highest BCUT2D eigenvalue weighted by Crippen LogP contribution is 2.18. The van der Waals surface area contributed by atoms with Gasteiger partial charge in [0.2, 0.25) is 0 Å². The third kappa shape index (κ3) is 4.40. The maximum absolute atomic E-state index is 12.8. The average Bonchev–Trinajstić information content (AvgIpc) is 2.13. The Morgan fingerprint density at radius 3 is 2.75 bits per heavy atom. The van der Waals surface area contributed by atoms with Gasteiger partial charge in [0.1, 0.15) is 5.82 Å². The molecule has 1 aromatic rings. The molecule has 0 fully saturated rings. The number of carbonyl (C=O) groups is 1. The molecular weight excluding hydrogens is 211 g/mol. The summed E-state index contributed by atoms with van der Waals surface area (Å²) in [6, 6.07) is 6.08. The van der Waals surface area contributed by atoms with Crippen molar-refractivity contribution in [1.29, 1.82) is 0 Å². The number of carboxylic acids is 1. The van der Waals surface area contributed by atoms with Gasteiger partial charge in [-0.05, 0) is 37.5 Å². The summed E-state index contributed by atoms with van der Waals surface area (Å²) in [6.07, 6.45) is 0.448. The minimum absolute atomic E-state index is 0.294. The standard InChI is InChI=1S/C12H15FO3/c1-12(16,8-11(14)15)6-5-9-3-2-4-10(13)7-9/h2-4,7,16H,5-6,8H2,1H3,(H,14,15). The molecule has 88 valence electrons. The molecule has 16 heavy (non-hydrogen) atoms. The molecule has 3 nitrogen and oxygen atoms in total. The van der Waals surface area contributed by atoms with Crippen LogP contribution in [0.5, 0.6) is 0 Å². The molecule has 1 atom stereocenters. The average molecular weight is 226 g/mol. The first-order valence-corrected chi connectivity index (χ1v) is 5.08. The van der Waals surface area contributed by atoms with Gasteiger partial charge in [0.05, 0.1) is 12.0 Å². The minimum atomic E-state index is -1.25. The second-order valence-electron chi connectivity index (χ2n) is 4.20. The van der Waals surface area contributed by atoms with Gasteiger partial charge in [-0.3, -0.25) is 4.79 Å². The topological polar surface area (TPSA) is 57.5 Å². The molecule has 0 aliphatic rings. The Morgan fingerprint density at radius 2 is 2.19 bits per heavy atom. The van der Waals surface area contributed by atoms with Crippen molar-refractivity contribution in [3.63, 3.8) is 0 Å². The zero-order valence-corrected chi connectivity index (χ0v) is 9.11. The molecule has 0 bridgehead atoms.